The highest BCUT2D eigenvalue weighted by Crippen LogP contribution is 2.20. The average Bonchev–Trinajstić information content (AvgIpc) is 2.53. The van der Waals surface area contributed by atoms with E-state index in [2.05, 4.69) is 21.2 Å². The Morgan fingerprint density at radius 2 is 2.00 bits per heavy atom. The van der Waals surface area contributed by atoms with E-state index in [4.69, 9.17) is 10.5 Å². The molecule has 2 atom stereocenters. The van der Waals surface area contributed by atoms with Gasteiger partial charge in [-0.2, -0.15) is 0 Å². The van der Waals surface area contributed by atoms with Crippen molar-refractivity contribution >= 4 is 21.8 Å². The molecule has 0 aliphatic carbocycles. The number of nitrogens with two attached hydrogens (primary N) is 1. The highest BCUT2D eigenvalue weighted by atomic mass is 79.9. The van der Waals surface area contributed by atoms with Crippen molar-refractivity contribution in [2.45, 2.75) is 25.5 Å². The molecule has 0 heterocycles. The highest BCUT2D eigenvalue weighted by Gasteiger charge is 2.30. The van der Waals surface area contributed by atoms with Crippen LogP contribution in [-0.4, -0.2) is 18.6 Å². The van der Waals surface area contributed by atoms with E-state index in [0.29, 0.717) is 11.3 Å². The minimum Gasteiger partial charge on any atom is -0.489 e. The Labute approximate surface area is 149 Å². The number of carbonyl (C=O) groups excluding carboxylic acids is 1. The first-order valence-corrected chi connectivity index (χ1v) is 8.34. The Hall–Kier alpha value is -1.92. The first-order chi connectivity index (χ1) is 11.3. The third-order valence-corrected chi connectivity index (χ3v) is 4.13. The van der Waals surface area contributed by atoms with Gasteiger partial charge >= 0.3 is 0 Å². The van der Waals surface area contributed by atoms with E-state index in [1.807, 2.05) is 12.1 Å². The summed E-state index contributed by atoms with van der Waals surface area (Å²) < 4.78 is 19.6. The Morgan fingerprint density at radius 3 is 2.62 bits per heavy atom. The zero-order valence-corrected chi connectivity index (χ0v) is 15.1. The van der Waals surface area contributed by atoms with Crippen molar-refractivity contribution in [2.24, 2.45) is 5.73 Å². The molecular formula is C18H20BrFN2O2. The van der Waals surface area contributed by atoms with Gasteiger partial charge in [0.15, 0.2) is 0 Å². The molecule has 0 aromatic heterocycles. The molecule has 3 N–H and O–H groups in total. The fourth-order valence-electron chi connectivity index (χ4n) is 2.16. The Balaban J connectivity index is 1.92. The molecule has 0 aliphatic rings. The topological polar surface area (TPSA) is 64.4 Å². The summed E-state index contributed by atoms with van der Waals surface area (Å²) >= 11 is 3.35. The molecule has 0 saturated heterocycles. The fourth-order valence-corrected chi connectivity index (χ4v) is 2.43. The number of ether oxygens (including phenoxy) is 1. The maximum absolute atomic E-state index is 13.1. The van der Waals surface area contributed by atoms with Gasteiger partial charge in [0, 0.05) is 10.5 Å². The van der Waals surface area contributed by atoms with Crippen molar-refractivity contribution in [3.05, 3.63) is 64.4 Å². The van der Waals surface area contributed by atoms with Crippen LogP contribution in [0, 0.1) is 5.82 Å². The van der Waals surface area contributed by atoms with Gasteiger partial charge in [-0.15, -0.1) is 0 Å². The molecule has 0 saturated carbocycles. The van der Waals surface area contributed by atoms with Gasteiger partial charge < -0.3 is 15.8 Å². The maximum atomic E-state index is 13.1. The van der Waals surface area contributed by atoms with E-state index in [1.165, 1.54) is 12.1 Å². The quantitative estimate of drug-likeness (QED) is 0.789. The molecule has 0 bridgehead atoms. The van der Waals surface area contributed by atoms with Gasteiger partial charge in [0.1, 0.15) is 23.2 Å². The molecular weight excluding hydrogens is 375 g/mol. The molecule has 0 aliphatic heterocycles. The molecule has 2 unspecified atom stereocenters. The van der Waals surface area contributed by atoms with E-state index < -0.39 is 5.54 Å². The molecule has 0 spiro atoms. The van der Waals surface area contributed by atoms with Gasteiger partial charge in [0.05, 0.1) is 6.54 Å². The zero-order valence-electron chi connectivity index (χ0n) is 13.6. The van der Waals surface area contributed by atoms with Crippen LogP contribution >= 0.6 is 15.9 Å². The van der Waals surface area contributed by atoms with Crippen molar-refractivity contribution < 1.29 is 13.9 Å². The number of benzene rings is 2. The number of halogens is 2. The lowest BCUT2D eigenvalue weighted by Crippen LogP contribution is -2.50. The summed E-state index contributed by atoms with van der Waals surface area (Å²) in [5.74, 6) is -0.256. The summed E-state index contributed by atoms with van der Waals surface area (Å²) in [4.78, 5) is 12.4. The number of hydrogen-bond acceptors (Lipinski definition) is 3. The molecule has 2 rings (SSSR count). The standard InChI is InChI=1S/C18H20BrFN2O2/c1-12(24-16-5-3-4-15(20)10-16)11-22-17(23)18(2,21)13-6-8-14(19)9-7-13/h3-10,12H,11,21H2,1-2H3,(H,22,23). The van der Waals surface area contributed by atoms with Gasteiger partial charge in [0.2, 0.25) is 5.91 Å². The second-order valence-electron chi connectivity index (χ2n) is 5.81. The van der Waals surface area contributed by atoms with Crippen LogP contribution in [0.15, 0.2) is 53.0 Å². The monoisotopic (exact) mass is 394 g/mol. The maximum Gasteiger partial charge on any atom is 0.244 e. The number of nitrogens with one attached hydrogen (secondary N) is 1. The van der Waals surface area contributed by atoms with E-state index in [1.54, 1.807) is 38.1 Å². The summed E-state index contributed by atoms with van der Waals surface area (Å²) in [6, 6.07) is 13.2. The minimum atomic E-state index is -1.15. The van der Waals surface area contributed by atoms with Crippen LogP contribution in [0.2, 0.25) is 0 Å². The molecule has 24 heavy (non-hydrogen) atoms. The molecule has 0 radical (unpaired) electrons. The van der Waals surface area contributed by atoms with Crippen LogP contribution in [0.25, 0.3) is 0 Å². The van der Waals surface area contributed by atoms with E-state index in [9.17, 15) is 9.18 Å². The predicted molar refractivity (Wildman–Crippen MR) is 95.2 cm³/mol. The number of hydrogen-bond donors (Lipinski definition) is 2. The van der Waals surface area contributed by atoms with E-state index in [-0.39, 0.29) is 24.4 Å². The second-order valence-corrected chi connectivity index (χ2v) is 6.72. The Kier molecular flexibility index (Phi) is 5.96. The largest absolute Gasteiger partial charge is 0.489 e. The smallest absolute Gasteiger partial charge is 0.244 e. The molecule has 0 fully saturated rings. The molecule has 128 valence electrons. The normalized spacial score (nSPS) is 14.5. The molecule has 1 amide bonds. The average molecular weight is 395 g/mol. The SMILES string of the molecule is CC(CNC(=O)C(C)(N)c1ccc(Br)cc1)Oc1cccc(F)c1. The van der Waals surface area contributed by atoms with Crippen molar-refractivity contribution in [3.8, 4) is 5.75 Å². The first-order valence-electron chi connectivity index (χ1n) is 7.54. The molecule has 6 heteroatoms. The van der Waals surface area contributed by atoms with Gasteiger partial charge in [0.25, 0.3) is 0 Å². The molecule has 2 aromatic carbocycles. The number of carbonyl (C=O) groups is 1. The third-order valence-electron chi connectivity index (χ3n) is 3.60. The zero-order chi connectivity index (χ0) is 17.7. The van der Waals surface area contributed by atoms with Crippen molar-refractivity contribution in [1.82, 2.24) is 5.32 Å². The Morgan fingerprint density at radius 1 is 1.33 bits per heavy atom. The van der Waals surface area contributed by atoms with E-state index in [0.717, 1.165) is 4.47 Å². The summed E-state index contributed by atoms with van der Waals surface area (Å²) in [7, 11) is 0. The summed E-state index contributed by atoms with van der Waals surface area (Å²) in [5.41, 5.74) is 5.73. The Bertz CT molecular complexity index is 704. The number of rotatable bonds is 6. The van der Waals surface area contributed by atoms with Crippen molar-refractivity contribution in [1.29, 1.82) is 0 Å². The summed E-state index contributed by atoms with van der Waals surface area (Å²) in [5, 5.41) is 2.78. The predicted octanol–water partition coefficient (Wildman–Crippen LogP) is 3.35. The van der Waals surface area contributed by atoms with Crippen LogP contribution in [0.3, 0.4) is 0 Å². The van der Waals surface area contributed by atoms with Gasteiger partial charge in [-0.25, -0.2) is 4.39 Å². The lowest BCUT2D eigenvalue weighted by molar-refractivity contribution is -0.126. The lowest BCUT2D eigenvalue weighted by atomic mass is 9.92. The van der Waals surface area contributed by atoms with Crippen LogP contribution in [0.5, 0.6) is 5.75 Å². The van der Waals surface area contributed by atoms with Crippen molar-refractivity contribution in [3.63, 3.8) is 0 Å². The van der Waals surface area contributed by atoms with Gasteiger partial charge in [-0.1, -0.05) is 34.1 Å². The summed E-state index contributed by atoms with van der Waals surface area (Å²) in [6.45, 7) is 3.71. The second kappa shape index (κ2) is 7.77. The highest BCUT2D eigenvalue weighted by molar-refractivity contribution is 9.10. The first kappa shape index (κ1) is 18.4. The minimum absolute atomic E-state index is 0.263. The fraction of sp³-hybridized carbons (Fsp3) is 0.278. The van der Waals surface area contributed by atoms with Gasteiger partial charge in [-0.3, -0.25) is 4.79 Å². The number of amides is 1. The third kappa shape index (κ3) is 4.79. The molecule has 4 nitrogen and oxygen atoms in total. The van der Waals surface area contributed by atoms with Crippen LogP contribution in [0.4, 0.5) is 4.39 Å². The van der Waals surface area contributed by atoms with Crippen LogP contribution in [-0.2, 0) is 10.3 Å². The van der Waals surface area contributed by atoms with Crippen molar-refractivity contribution in [2.75, 3.05) is 6.54 Å². The van der Waals surface area contributed by atoms with E-state index >= 15 is 0 Å². The van der Waals surface area contributed by atoms with Crippen LogP contribution in [0.1, 0.15) is 19.4 Å². The van der Waals surface area contributed by atoms with Gasteiger partial charge in [-0.05, 0) is 43.7 Å². The molecule has 2 aromatic rings. The van der Waals surface area contributed by atoms with Crippen LogP contribution < -0.4 is 15.8 Å². The summed E-state index contributed by atoms with van der Waals surface area (Å²) in [6.07, 6.45) is -0.323. The lowest BCUT2D eigenvalue weighted by Gasteiger charge is -2.25.